The molecule has 0 bridgehead atoms. The van der Waals surface area contributed by atoms with Crippen LogP contribution in [0.5, 0.6) is 0 Å². The van der Waals surface area contributed by atoms with Crippen molar-refractivity contribution in [2.45, 2.75) is 50.3 Å². The maximum Gasteiger partial charge on any atom is 0.126 e. The third-order valence-corrected chi connectivity index (χ3v) is 5.23. The van der Waals surface area contributed by atoms with Crippen molar-refractivity contribution in [3.8, 4) is 0 Å². The number of thioether (sulfide) groups is 1. The number of hydrogen-bond acceptors (Lipinski definition) is 2. The summed E-state index contributed by atoms with van der Waals surface area (Å²) in [4.78, 5) is 0. The van der Waals surface area contributed by atoms with Gasteiger partial charge in [0.1, 0.15) is 5.82 Å². The average molecular weight is 281 g/mol. The first-order valence-electron chi connectivity index (χ1n) is 7.39. The summed E-state index contributed by atoms with van der Waals surface area (Å²) in [5.41, 5.74) is 0.849. The minimum atomic E-state index is -0.0633. The first kappa shape index (κ1) is 14.9. The van der Waals surface area contributed by atoms with E-state index in [1.165, 1.54) is 25.0 Å². The van der Waals surface area contributed by atoms with Crippen molar-refractivity contribution in [3.05, 3.63) is 35.6 Å². The quantitative estimate of drug-likeness (QED) is 0.845. The van der Waals surface area contributed by atoms with Crippen LogP contribution >= 0.6 is 11.8 Å². The zero-order valence-corrected chi connectivity index (χ0v) is 12.5. The van der Waals surface area contributed by atoms with Crippen LogP contribution in [0.2, 0.25) is 0 Å². The smallest absolute Gasteiger partial charge is 0.126 e. The van der Waals surface area contributed by atoms with Crippen molar-refractivity contribution in [2.24, 2.45) is 0 Å². The lowest BCUT2D eigenvalue weighted by molar-refractivity contribution is 0.454. The molecule has 1 N–H and O–H groups in total. The second-order valence-corrected chi connectivity index (χ2v) is 6.61. The molecule has 0 saturated carbocycles. The number of benzene rings is 1. The zero-order valence-electron chi connectivity index (χ0n) is 11.7. The molecule has 2 rings (SSSR count). The highest BCUT2D eigenvalue weighted by atomic mass is 32.2. The fraction of sp³-hybridized carbons (Fsp3) is 0.625. The summed E-state index contributed by atoms with van der Waals surface area (Å²) >= 11 is 2.06. The highest BCUT2D eigenvalue weighted by molar-refractivity contribution is 8.00. The molecule has 1 saturated heterocycles. The predicted octanol–water partition coefficient (Wildman–Crippen LogP) is 4.02. The topological polar surface area (TPSA) is 12.0 Å². The Morgan fingerprint density at radius 1 is 1.37 bits per heavy atom. The van der Waals surface area contributed by atoms with Crippen molar-refractivity contribution in [3.63, 3.8) is 0 Å². The van der Waals surface area contributed by atoms with Crippen LogP contribution in [0.4, 0.5) is 4.39 Å². The summed E-state index contributed by atoms with van der Waals surface area (Å²) in [5.74, 6) is 1.19. The van der Waals surface area contributed by atoms with Crippen molar-refractivity contribution in [1.82, 2.24) is 5.32 Å². The average Bonchev–Trinajstić information content (AvgIpc) is 2.46. The Morgan fingerprint density at radius 3 is 2.89 bits per heavy atom. The molecule has 1 fully saturated rings. The highest BCUT2D eigenvalue weighted by Crippen LogP contribution is 2.29. The molecule has 3 heteroatoms. The molecule has 1 aromatic rings. The predicted molar refractivity (Wildman–Crippen MR) is 82.3 cm³/mol. The molecular weight excluding hydrogens is 257 g/mol. The first-order valence-corrected chi connectivity index (χ1v) is 8.44. The molecule has 0 aliphatic carbocycles. The maximum absolute atomic E-state index is 13.8. The van der Waals surface area contributed by atoms with E-state index in [1.807, 2.05) is 12.1 Å². The van der Waals surface area contributed by atoms with Gasteiger partial charge in [-0.1, -0.05) is 31.5 Å². The SMILES string of the molecule is CCCNC(Cc1ccccc1F)C1CCCCS1. The third kappa shape index (κ3) is 4.50. The van der Waals surface area contributed by atoms with Gasteiger partial charge in [-0.2, -0.15) is 11.8 Å². The Balaban J connectivity index is 2.02. The van der Waals surface area contributed by atoms with Crippen LogP contribution in [-0.2, 0) is 6.42 Å². The Morgan fingerprint density at radius 2 is 2.21 bits per heavy atom. The van der Waals surface area contributed by atoms with Crippen LogP contribution in [0, 0.1) is 5.82 Å². The molecule has 0 aromatic heterocycles. The van der Waals surface area contributed by atoms with Crippen molar-refractivity contribution < 1.29 is 4.39 Å². The van der Waals surface area contributed by atoms with Crippen LogP contribution in [0.3, 0.4) is 0 Å². The molecule has 1 aromatic carbocycles. The molecule has 0 amide bonds. The van der Waals surface area contributed by atoms with Gasteiger partial charge in [0, 0.05) is 11.3 Å². The third-order valence-electron chi connectivity index (χ3n) is 3.72. The molecular formula is C16H24FNS. The molecule has 0 radical (unpaired) electrons. The molecule has 19 heavy (non-hydrogen) atoms. The summed E-state index contributed by atoms with van der Waals surface area (Å²) in [6.45, 7) is 3.21. The van der Waals surface area contributed by atoms with E-state index in [1.54, 1.807) is 12.1 Å². The summed E-state index contributed by atoms with van der Waals surface area (Å²) in [6, 6.07) is 7.59. The van der Waals surface area contributed by atoms with E-state index >= 15 is 0 Å². The molecule has 2 atom stereocenters. The van der Waals surface area contributed by atoms with E-state index in [4.69, 9.17) is 0 Å². The Labute approximate surface area is 120 Å². The van der Waals surface area contributed by atoms with E-state index in [-0.39, 0.29) is 5.82 Å². The van der Waals surface area contributed by atoms with Gasteiger partial charge in [0.15, 0.2) is 0 Å². The van der Waals surface area contributed by atoms with Crippen LogP contribution in [0.1, 0.15) is 38.2 Å². The number of hydrogen-bond donors (Lipinski definition) is 1. The van der Waals surface area contributed by atoms with Gasteiger partial charge in [-0.25, -0.2) is 4.39 Å². The highest BCUT2D eigenvalue weighted by Gasteiger charge is 2.24. The van der Waals surface area contributed by atoms with E-state index < -0.39 is 0 Å². The van der Waals surface area contributed by atoms with E-state index in [0.29, 0.717) is 11.3 Å². The van der Waals surface area contributed by atoms with Crippen LogP contribution < -0.4 is 5.32 Å². The molecule has 0 spiro atoms. The zero-order chi connectivity index (χ0) is 13.5. The van der Waals surface area contributed by atoms with Crippen LogP contribution in [-0.4, -0.2) is 23.6 Å². The van der Waals surface area contributed by atoms with Crippen molar-refractivity contribution in [1.29, 1.82) is 0 Å². The Bertz CT molecular complexity index is 377. The van der Waals surface area contributed by atoms with Crippen LogP contribution in [0.25, 0.3) is 0 Å². The number of nitrogens with one attached hydrogen (secondary N) is 1. The largest absolute Gasteiger partial charge is 0.313 e. The Kier molecular flexibility index (Phi) is 6.18. The van der Waals surface area contributed by atoms with E-state index in [0.717, 1.165) is 24.9 Å². The monoisotopic (exact) mass is 281 g/mol. The number of rotatable bonds is 6. The minimum absolute atomic E-state index is 0.0633. The van der Waals surface area contributed by atoms with Gasteiger partial charge in [0.05, 0.1) is 0 Å². The normalized spacial score (nSPS) is 21.3. The number of halogens is 1. The molecule has 2 unspecified atom stereocenters. The van der Waals surface area contributed by atoms with E-state index in [2.05, 4.69) is 24.0 Å². The molecule has 1 aliphatic rings. The molecule has 1 nitrogen and oxygen atoms in total. The lowest BCUT2D eigenvalue weighted by atomic mass is 9.99. The summed E-state index contributed by atoms with van der Waals surface area (Å²) in [6.07, 6.45) is 5.86. The van der Waals surface area contributed by atoms with Gasteiger partial charge in [-0.3, -0.25) is 0 Å². The fourth-order valence-corrected chi connectivity index (χ4v) is 4.08. The standard InChI is InChI=1S/C16H24FNS/c1-2-10-18-15(16-9-5-6-11-19-16)12-13-7-3-4-8-14(13)17/h3-4,7-8,15-16,18H,2,5-6,9-12H2,1H3. The van der Waals surface area contributed by atoms with E-state index in [9.17, 15) is 4.39 Å². The summed E-state index contributed by atoms with van der Waals surface area (Å²) in [5, 5.41) is 4.27. The fourth-order valence-electron chi connectivity index (χ4n) is 2.65. The van der Waals surface area contributed by atoms with Crippen molar-refractivity contribution >= 4 is 11.8 Å². The van der Waals surface area contributed by atoms with Gasteiger partial charge in [-0.15, -0.1) is 0 Å². The maximum atomic E-state index is 13.8. The van der Waals surface area contributed by atoms with Crippen LogP contribution in [0.15, 0.2) is 24.3 Å². The van der Waals surface area contributed by atoms with Gasteiger partial charge in [0.25, 0.3) is 0 Å². The molecule has 1 aliphatic heterocycles. The van der Waals surface area contributed by atoms with Gasteiger partial charge >= 0.3 is 0 Å². The first-order chi connectivity index (χ1) is 9.31. The summed E-state index contributed by atoms with van der Waals surface area (Å²) in [7, 11) is 0. The van der Waals surface area contributed by atoms with Gasteiger partial charge in [-0.05, 0) is 49.6 Å². The lowest BCUT2D eigenvalue weighted by Gasteiger charge is -2.31. The van der Waals surface area contributed by atoms with Crippen molar-refractivity contribution in [2.75, 3.05) is 12.3 Å². The lowest BCUT2D eigenvalue weighted by Crippen LogP contribution is -2.41. The Hall–Kier alpha value is -0.540. The summed E-state index contributed by atoms with van der Waals surface area (Å²) < 4.78 is 13.8. The van der Waals surface area contributed by atoms with Gasteiger partial charge in [0.2, 0.25) is 0 Å². The second kappa shape index (κ2) is 7.91. The second-order valence-electron chi connectivity index (χ2n) is 5.26. The molecule has 106 valence electrons. The minimum Gasteiger partial charge on any atom is -0.313 e. The van der Waals surface area contributed by atoms with Gasteiger partial charge < -0.3 is 5.32 Å². The molecule has 1 heterocycles.